The zero-order valence-corrected chi connectivity index (χ0v) is 11.7. The zero-order valence-electron chi connectivity index (χ0n) is 11.7. The Labute approximate surface area is 121 Å². The van der Waals surface area contributed by atoms with Gasteiger partial charge in [0.15, 0.2) is 11.4 Å². The molecule has 1 heterocycles. The summed E-state index contributed by atoms with van der Waals surface area (Å²) < 4.78 is 5.22. The van der Waals surface area contributed by atoms with Crippen molar-refractivity contribution in [3.05, 3.63) is 47.5 Å². The first-order valence-electron chi connectivity index (χ1n) is 6.18. The van der Waals surface area contributed by atoms with E-state index in [1.165, 1.54) is 11.2 Å². The second kappa shape index (κ2) is 6.08. The lowest BCUT2D eigenvalue weighted by molar-refractivity contribution is 0.0674. The lowest BCUT2D eigenvalue weighted by Crippen LogP contribution is -2.28. The van der Waals surface area contributed by atoms with Crippen molar-refractivity contribution in [1.82, 2.24) is 14.9 Å². The maximum Gasteiger partial charge on any atom is 0.354 e. The summed E-state index contributed by atoms with van der Waals surface area (Å²) in [4.78, 5) is 30.9. The molecule has 7 nitrogen and oxygen atoms in total. The summed E-state index contributed by atoms with van der Waals surface area (Å²) >= 11 is 0. The number of aromatic nitrogens is 2. The van der Waals surface area contributed by atoms with Gasteiger partial charge in [-0.3, -0.25) is 4.79 Å². The Hall–Kier alpha value is -2.83. The molecule has 0 radical (unpaired) electrons. The second-order valence-corrected chi connectivity index (χ2v) is 4.40. The van der Waals surface area contributed by atoms with Crippen molar-refractivity contribution in [2.75, 3.05) is 14.2 Å². The number of aromatic amines is 1. The summed E-state index contributed by atoms with van der Waals surface area (Å²) in [6, 6.07) is 7.31. The molecule has 1 aromatic heterocycles. The van der Waals surface area contributed by atoms with E-state index in [0.717, 1.165) is 5.56 Å². The van der Waals surface area contributed by atoms with Crippen molar-refractivity contribution in [3.8, 4) is 5.75 Å². The molecular weight excluding hydrogens is 274 g/mol. The largest absolute Gasteiger partial charge is 0.496 e. The predicted molar refractivity (Wildman–Crippen MR) is 74.3 cm³/mol. The number of carboxylic acid groups (broad SMARTS) is 1. The van der Waals surface area contributed by atoms with E-state index in [-0.39, 0.29) is 17.9 Å². The molecule has 1 aromatic carbocycles. The highest BCUT2D eigenvalue weighted by molar-refractivity contribution is 6.02. The molecular formula is C14H15N3O4. The van der Waals surface area contributed by atoms with Crippen molar-refractivity contribution in [3.63, 3.8) is 0 Å². The number of rotatable bonds is 5. The van der Waals surface area contributed by atoms with Crippen LogP contribution in [0.25, 0.3) is 0 Å². The molecule has 1 amide bonds. The van der Waals surface area contributed by atoms with Crippen LogP contribution in [-0.2, 0) is 6.54 Å². The van der Waals surface area contributed by atoms with E-state index in [2.05, 4.69) is 9.97 Å². The molecule has 2 aromatic rings. The predicted octanol–water partition coefficient (Wildman–Crippen LogP) is 1.39. The minimum atomic E-state index is -1.22. The third-order valence-electron chi connectivity index (χ3n) is 3.00. The number of nitrogens with zero attached hydrogens (tertiary/aromatic N) is 2. The molecule has 110 valence electrons. The quantitative estimate of drug-likeness (QED) is 0.867. The van der Waals surface area contributed by atoms with Gasteiger partial charge < -0.3 is 19.7 Å². The van der Waals surface area contributed by atoms with E-state index in [1.807, 2.05) is 18.2 Å². The van der Waals surface area contributed by atoms with Gasteiger partial charge in [-0.25, -0.2) is 9.78 Å². The van der Waals surface area contributed by atoms with Gasteiger partial charge in [-0.15, -0.1) is 0 Å². The molecule has 2 N–H and O–H groups in total. The lowest BCUT2D eigenvalue weighted by Gasteiger charge is -2.18. The number of para-hydroxylation sites is 1. The normalized spacial score (nSPS) is 10.2. The molecule has 0 aliphatic heterocycles. The van der Waals surface area contributed by atoms with Crippen LogP contribution in [0.15, 0.2) is 30.6 Å². The average molecular weight is 289 g/mol. The highest BCUT2D eigenvalue weighted by atomic mass is 16.5. The molecule has 2 rings (SSSR count). The fourth-order valence-corrected chi connectivity index (χ4v) is 1.96. The standard InChI is InChI=1S/C14H15N3O4/c1-17(7-9-5-3-4-6-10(9)21-2)13(18)11-12(14(19)20)16-8-15-11/h3-6,8H,7H2,1-2H3,(H,15,16)(H,19,20). The van der Waals surface area contributed by atoms with Gasteiger partial charge in [0, 0.05) is 19.2 Å². The number of nitrogens with one attached hydrogen (secondary N) is 1. The summed E-state index contributed by atoms with van der Waals surface area (Å²) in [5, 5.41) is 9.00. The molecule has 0 saturated carbocycles. The number of aromatic carboxylic acids is 1. The van der Waals surface area contributed by atoms with E-state index in [0.29, 0.717) is 5.75 Å². The lowest BCUT2D eigenvalue weighted by atomic mass is 10.2. The molecule has 7 heteroatoms. The highest BCUT2D eigenvalue weighted by Gasteiger charge is 2.23. The number of benzene rings is 1. The average Bonchev–Trinajstić information content (AvgIpc) is 2.96. The van der Waals surface area contributed by atoms with Gasteiger partial charge in [-0.1, -0.05) is 18.2 Å². The number of H-pyrrole nitrogens is 1. The summed E-state index contributed by atoms with van der Waals surface area (Å²) in [5.41, 5.74) is 0.495. The maximum absolute atomic E-state index is 12.3. The number of methoxy groups -OCH3 is 1. The van der Waals surface area contributed by atoms with Gasteiger partial charge in [0.1, 0.15) is 5.75 Å². The van der Waals surface area contributed by atoms with Crippen LogP contribution in [0.4, 0.5) is 0 Å². The number of hydrogen-bond donors (Lipinski definition) is 2. The Morgan fingerprint density at radius 1 is 1.38 bits per heavy atom. The number of amides is 1. The van der Waals surface area contributed by atoms with Gasteiger partial charge in [-0.2, -0.15) is 0 Å². The Kier molecular flexibility index (Phi) is 4.22. The zero-order chi connectivity index (χ0) is 15.4. The minimum Gasteiger partial charge on any atom is -0.496 e. The maximum atomic E-state index is 12.3. The SMILES string of the molecule is COc1ccccc1CN(C)C(=O)c1nc[nH]c1C(=O)O. The Morgan fingerprint density at radius 3 is 2.76 bits per heavy atom. The van der Waals surface area contributed by atoms with Gasteiger partial charge in [0.05, 0.1) is 13.4 Å². The van der Waals surface area contributed by atoms with Gasteiger partial charge in [0.25, 0.3) is 5.91 Å². The van der Waals surface area contributed by atoms with E-state index in [1.54, 1.807) is 20.2 Å². The summed E-state index contributed by atoms with van der Waals surface area (Å²) in [7, 11) is 3.13. The van der Waals surface area contributed by atoms with Crippen LogP contribution in [0.1, 0.15) is 26.5 Å². The fourth-order valence-electron chi connectivity index (χ4n) is 1.96. The van der Waals surface area contributed by atoms with Crippen LogP contribution in [0.5, 0.6) is 5.75 Å². The molecule has 0 fully saturated rings. The number of carbonyl (C=O) groups is 2. The van der Waals surface area contributed by atoms with Crippen molar-refractivity contribution in [2.24, 2.45) is 0 Å². The van der Waals surface area contributed by atoms with Crippen molar-refractivity contribution >= 4 is 11.9 Å². The molecule has 0 atom stereocenters. The smallest absolute Gasteiger partial charge is 0.354 e. The molecule has 0 spiro atoms. The van der Waals surface area contributed by atoms with Crippen LogP contribution in [0.3, 0.4) is 0 Å². The van der Waals surface area contributed by atoms with E-state index in [4.69, 9.17) is 9.84 Å². The van der Waals surface area contributed by atoms with E-state index >= 15 is 0 Å². The minimum absolute atomic E-state index is 0.111. The van der Waals surface area contributed by atoms with Gasteiger partial charge in [0.2, 0.25) is 0 Å². The van der Waals surface area contributed by atoms with Crippen molar-refractivity contribution in [2.45, 2.75) is 6.54 Å². The Morgan fingerprint density at radius 2 is 2.10 bits per heavy atom. The van der Waals surface area contributed by atoms with Crippen LogP contribution in [0.2, 0.25) is 0 Å². The van der Waals surface area contributed by atoms with E-state index in [9.17, 15) is 9.59 Å². The summed E-state index contributed by atoms with van der Waals surface area (Å²) in [6.45, 7) is 0.286. The van der Waals surface area contributed by atoms with E-state index < -0.39 is 11.9 Å². The van der Waals surface area contributed by atoms with Crippen molar-refractivity contribution < 1.29 is 19.4 Å². The number of carbonyl (C=O) groups excluding carboxylic acids is 1. The summed E-state index contributed by atoms with van der Waals surface area (Å²) in [6.07, 6.45) is 1.19. The third-order valence-corrected chi connectivity index (χ3v) is 3.00. The second-order valence-electron chi connectivity index (χ2n) is 4.40. The molecule has 0 aliphatic carbocycles. The number of imidazole rings is 1. The first-order chi connectivity index (χ1) is 10.0. The fraction of sp³-hybridized carbons (Fsp3) is 0.214. The van der Waals surface area contributed by atoms with Crippen LogP contribution >= 0.6 is 0 Å². The van der Waals surface area contributed by atoms with Crippen LogP contribution < -0.4 is 4.74 Å². The van der Waals surface area contributed by atoms with Crippen LogP contribution in [0, 0.1) is 0 Å². The topological polar surface area (TPSA) is 95.5 Å². The monoisotopic (exact) mass is 289 g/mol. The molecule has 0 bridgehead atoms. The molecule has 0 saturated heterocycles. The van der Waals surface area contributed by atoms with Gasteiger partial charge in [-0.05, 0) is 6.07 Å². The molecule has 0 aliphatic rings. The van der Waals surface area contributed by atoms with Gasteiger partial charge >= 0.3 is 5.97 Å². The third kappa shape index (κ3) is 3.02. The number of ether oxygens (including phenoxy) is 1. The first-order valence-corrected chi connectivity index (χ1v) is 6.18. The number of hydrogen-bond acceptors (Lipinski definition) is 4. The first kappa shape index (κ1) is 14.6. The molecule has 0 unspecified atom stereocenters. The van der Waals surface area contributed by atoms with Crippen molar-refractivity contribution in [1.29, 1.82) is 0 Å². The highest BCUT2D eigenvalue weighted by Crippen LogP contribution is 2.19. The Balaban J connectivity index is 2.20. The summed E-state index contributed by atoms with van der Waals surface area (Å²) in [5.74, 6) is -1.03. The Bertz CT molecular complexity index is 666. The molecule has 21 heavy (non-hydrogen) atoms. The number of carboxylic acids is 1. The van der Waals surface area contributed by atoms with Crippen LogP contribution in [-0.4, -0.2) is 46.0 Å².